The third-order valence-corrected chi connectivity index (χ3v) is 6.06. The maximum Gasteiger partial charge on any atom is 0.208 e. The molecule has 0 bridgehead atoms. The van der Waals surface area contributed by atoms with Gasteiger partial charge in [0, 0.05) is 12.1 Å². The molecule has 0 spiro atoms. The van der Waals surface area contributed by atoms with Crippen molar-refractivity contribution in [1.29, 1.82) is 10.5 Å². The van der Waals surface area contributed by atoms with Gasteiger partial charge >= 0.3 is 0 Å². The molecule has 3 nitrogen and oxygen atoms in total. The predicted molar refractivity (Wildman–Crippen MR) is 122 cm³/mol. The van der Waals surface area contributed by atoms with E-state index in [1.807, 2.05) is 0 Å². The van der Waals surface area contributed by atoms with E-state index in [0.717, 1.165) is 13.0 Å². The van der Waals surface area contributed by atoms with Crippen LogP contribution in [0.1, 0.15) is 22.3 Å². The number of nitrogens with zero attached hydrogens (tertiary/aromatic N) is 3. The SMILES string of the molecule is [C-]#[N+]C(=C1C(=C(C#N)c2c(F)c(C)cc(F)c2F)C1=C(C#N)c1c(F)c(F)cc(F)c1F)c1c(F)c(F)cc(F)c1F. The molecule has 210 valence electrons. The van der Waals surface area contributed by atoms with Gasteiger partial charge in [-0.05, 0) is 35.3 Å². The Kier molecular flexibility index (Phi) is 7.41. The molecule has 4 rings (SSSR count). The highest BCUT2D eigenvalue weighted by molar-refractivity contribution is 6.11. The predicted octanol–water partition coefficient (Wildman–Crippen LogP) is 8.12. The maximum absolute atomic E-state index is 15.0. The van der Waals surface area contributed by atoms with Gasteiger partial charge in [0.2, 0.25) is 5.70 Å². The van der Waals surface area contributed by atoms with E-state index >= 15 is 4.39 Å². The van der Waals surface area contributed by atoms with Gasteiger partial charge in [0.25, 0.3) is 0 Å². The van der Waals surface area contributed by atoms with Crippen LogP contribution >= 0.6 is 0 Å². The van der Waals surface area contributed by atoms with Gasteiger partial charge in [0.1, 0.15) is 18.0 Å². The highest BCUT2D eigenvalue weighted by Crippen LogP contribution is 2.57. The monoisotopic (exact) mass is 593 g/mol. The highest BCUT2D eigenvalue weighted by atomic mass is 19.2. The highest BCUT2D eigenvalue weighted by Gasteiger charge is 2.45. The Morgan fingerprint density at radius 3 is 1.24 bits per heavy atom. The Labute approximate surface area is 227 Å². The number of benzene rings is 3. The van der Waals surface area contributed by atoms with Gasteiger partial charge in [0.05, 0.1) is 34.4 Å². The number of allylic oxidation sites excluding steroid dienone is 5. The first-order valence-corrected chi connectivity index (χ1v) is 11.0. The summed E-state index contributed by atoms with van der Waals surface area (Å²) < 4.78 is 159. The lowest BCUT2D eigenvalue weighted by Crippen LogP contribution is -2.02. The first-order valence-electron chi connectivity index (χ1n) is 11.0. The van der Waals surface area contributed by atoms with E-state index in [1.54, 1.807) is 0 Å². The molecule has 0 atom stereocenters. The van der Waals surface area contributed by atoms with Crippen molar-refractivity contribution >= 4 is 16.8 Å². The van der Waals surface area contributed by atoms with Crippen molar-refractivity contribution in [3.05, 3.63) is 133 Å². The van der Waals surface area contributed by atoms with Crippen LogP contribution in [0.3, 0.4) is 0 Å². The summed E-state index contributed by atoms with van der Waals surface area (Å²) >= 11 is 0. The van der Waals surface area contributed by atoms with Crippen molar-refractivity contribution in [3.8, 4) is 12.1 Å². The van der Waals surface area contributed by atoms with Crippen molar-refractivity contribution in [2.45, 2.75) is 6.92 Å². The largest absolute Gasteiger partial charge is 0.237 e. The number of nitriles is 2. The molecule has 1 aliphatic carbocycles. The number of hydrogen-bond acceptors (Lipinski definition) is 2. The van der Waals surface area contributed by atoms with Crippen LogP contribution in [-0.2, 0) is 0 Å². The summed E-state index contributed by atoms with van der Waals surface area (Å²) in [5.41, 5.74) is -13.2. The van der Waals surface area contributed by atoms with E-state index < -0.39 is 120 Å². The molecular weight excluding hydrogens is 587 g/mol. The van der Waals surface area contributed by atoms with E-state index in [2.05, 4.69) is 4.85 Å². The zero-order valence-electron chi connectivity index (χ0n) is 20.2. The molecule has 0 radical (unpaired) electrons. The Morgan fingerprint density at radius 2 is 0.881 bits per heavy atom. The van der Waals surface area contributed by atoms with Gasteiger partial charge in [-0.3, -0.25) is 0 Å². The third-order valence-electron chi connectivity index (χ3n) is 6.06. The zero-order valence-corrected chi connectivity index (χ0v) is 20.2. The molecule has 3 aromatic rings. The van der Waals surface area contributed by atoms with E-state index in [0.29, 0.717) is 6.07 Å². The quantitative estimate of drug-likeness (QED) is 0.133. The summed E-state index contributed by atoms with van der Waals surface area (Å²) in [5.74, 6) is -22.4. The van der Waals surface area contributed by atoms with Crippen molar-refractivity contribution in [1.82, 2.24) is 0 Å². The summed E-state index contributed by atoms with van der Waals surface area (Å²) in [6.07, 6.45) is 0. The third kappa shape index (κ3) is 4.36. The summed E-state index contributed by atoms with van der Waals surface area (Å²) in [6.45, 7) is 8.32. The average molecular weight is 593 g/mol. The second-order valence-electron chi connectivity index (χ2n) is 8.42. The molecule has 0 unspecified atom stereocenters. The Balaban J connectivity index is 2.32. The minimum absolute atomic E-state index is 0.247. The average Bonchev–Trinajstić information content (AvgIpc) is 3.66. The molecule has 0 aliphatic heterocycles. The summed E-state index contributed by atoms with van der Waals surface area (Å²) in [5, 5.41) is 19.5. The van der Waals surface area contributed by atoms with Crippen LogP contribution in [0.2, 0.25) is 0 Å². The number of aryl methyl sites for hydroxylation is 1. The van der Waals surface area contributed by atoms with Crippen LogP contribution in [0.15, 0.2) is 34.9 Å². The van der Waals surface area contributed by atoms with Crippen LogP contribution in [0.4, 0.5) is 48.3 Å². The number of rotatable bonds is 3. The molecule has 0 amide bonds. The second-order valence-corrected chi connectivity index (χ2v) is 8.42. The molecule has 0 saturated heterocycles. The summed E-state index contributed by atoms with van der Waals surface area (Å²) in [7, 11) is 0. The fraction of sp³-hybridized carbons (Fsp3) is 0.0357. The van der Waals surface area contributed by atoms with E-state index in [1.165, 1.54) is 6.07 Å². The number of hydrogen-bond donors (Lipinski definition) is 0. The first kappa shape index (κ1) is 29.6. The Morgan fingerprint density at radius 1 is 0.548 bits per heavy atom. The Hall–Kier alpha value is -5.42. The molecule has 1 fully saturated rings. The number of halogens is 11. The van der Waals surface area contributed by atoms with Crippen LogP contribution in [0.5, 0.6) is 0 Å². The van der Waals surface area contributed by atoms with Gasteiger partial charge in [-0.1, -0.05) is 0 Å². The minimum Gasteiger partial charge on any atom is -0.237 e. The summed E-state index contributed by atoms with van der Waals surface area (Å²) in [6, 6.07) is 2.23. The van der Waals surface area contributed by atoms with E-state index in [4.69, 9.17) is 6.57 Å². The molecule has 0 N–H and O–H groups in total. The topological polar surface area (TPSA) is 51.9 Å². The second kappa shape index (κ2) is 10.5. The van der Waals surface area contributed by atoms with E-state index in [-0.39, 0.29) is 12.1 Å². The molecule has 14 heteroatoms. The van der Waals surface area contributed by atoms with Gasteiger partial charge in [-0.2, -0.15) is 10.5 Å². The molecule has 1 aliphatic rings. The van der Waals surface area contributed by atoms with Gasteiger partial charge in [-0.25, -0.2) is 53.1 Å². The molecule has 0 aromatic heterocycles. The Bertz CT molecular complexity index is 1670. The first-order chi connectivity index (χ1) is 19.7. The summed E-state index contributed by atoms with van der Waals surface area (Å²) in [4.78, 5) is 2.74. The van der Waals surface area contributed by atoms with Crippen LogP contribution in [0, 0.1) is 100 Å². The van der Waals surface area contributed by atoms with Gasteiger partial charge < -0.3 is 0 Å². The zero-order chi connectivity index (χ0) is 31.4. The van der Waals surface area contributed by atoms with Crippen LogP contribution < -0.4 is 0 Å². The minimum atomic E-state index is -2.21. The molecule has 1 saturated carbocycles. The van der Waals surface area contributed by atoms with Crippen molar-refractivity contribution < 1.29 is 48.3 Å². The van der Waals surface area contributed by atoms with Crippen molar-refractivity contribution in [2.24, 2.45) is 0 Å². The van der Waals surface area contributed by atoms with Crippen molar-refractivity contribution in [3.63, 3.8) is 0 Å². The fourth-order valence-electron chi connectivity index (χ4n) is 4.16. The molecular formula is C28H6F11N3. The van der Waals surface area contributed by atoms with Gasteiger partial charge in [0.15, 0.2) is 58.2 Å². The molecule has 42 heavy (non-hydrogen) atoms. The van der Waals surface area contributed by atoms with Crippen LogP contribution in [0.25, 0.3) is 21.7 Å². The lowest BCUT2D eigenvalue weighted by Gasteiger charge is -2.07. The smallest absolute Gasteiger partial charge is 0.208 e. The van der Waals surface area contributed by atoms with Gasteiger partial charge in [-0.15, -0.1) is 0 Å². The van der Waals surface area contributed by atoms with Crippen LogP contribution in [-0.4, -0.2) is 0 Å². The lowest BCUT2D eigenvalue weighted by atomic mass is 9.99. The normalized spacial score (nSPS) is 15.9. The molecule has 3 aromatic carbocycles. The standard InChI is InChI=1S/C28H6F11N3/c1-8-3-11(29)23(35)18(22(8)34)9(6-40)16-17(10(7-41)19-24(36)12(30)4-13(31)25(19)37)20(16)28(42-2)21-26(38)14(32)5-15(33)27(21)39/h3-5H,1H3. The van der Waals surface area contributed by atoms with Crippen molar-refractivity contribution in [2.75, 3.05) is 0 Å². The maximum atomic E-state index is 15.0. The molecule has 0 heterocycles. The van der Waals surface area contributed by atoms with E-state index in [9.17, 15) is 54.4 Å². The lowest BCUT2D eigenvalue weighted by molar-refractivity contribution is 0.450. The fourth-order valence-corrected chi connectivity index (χ4v) is 4.16.